The number of rotatable bonds is 1. The lowest BCUT2D eigenvalue weighted by atomic mass is 9.92. The van der Waals surface area contributed by atoms with Crippen molar-refractivity contribution in [3.8, 4) is 0 Å². The molecule has 0 fully saturated rings. The molecule has 3 heteroatoms. The number of carbonyl (C=O) groups is 1. The Balaban J connectivity index is 2.07. The van der Waals surface area contributed by atoms with Crippen LogP contribution < -0.4 is 5.11 Å². The summed E-state index contributed by atoms with van der Waals surface area (Å²) < 4.78 is 0. The molecule has 0 saturated heterocycles. The van der Waals surface area contributed by atoms with Crippen LogP contribution in [-0.2, 0) is 12.8 Å². The van der Waals surface area contributed by atoms with Crippen LogP contribution >= 0.6 is 0 Å². The molecule has 0 amide bonds. The maximum absolute atomic E-state index is 11.8. The van der Waals surface area contributed by atoms with Crippen molar-refractivity contribution in [2.45, 2.75) is 64.2 Å². The fourth-order valence-corrected chi connectivity index (χ4v) is 3.67. The quantitative estimate of drug-likeness (QED) is 0.804. The number of carbonyl (C=O) groups excluding carboxylic acids is 1. The summed E-state index contributed by atoms with van der Waals surface area (Å²) in [4.78, 5) is 16.6. The van der Waals surface area contributed by atoms with E-state index >= 15 is 0 Å². The van der Waals surface area contributed by atoms with Crippen molar-refractivity contribution in [2.75, 3.05) is 0 Å². The molecule has 1 aliphatic carbocycles. The number of nitrogens with zero attached hydrogens (tertiary/aromatic N) is 1. The lowest BCUT2D eigenvalue weighted by Gasteiger charge is -2.18. The van der Waals surface area contributed by atoms with Crippen LogP contribution in [0, 0.1) is 0 Å². The first-order valence-electron chi connectivity index (χ1n) is 8.89. The average Bonchev–Trinajstić information content (AvgIpc) is 2.54. The highest BCUT2D eigenvalue weighted by molar-refractivity contribution is 6.03. The first-order valence-corrected chi connectivity index (χ1v) is 8.89. The molecule has 0 N–H and O–H groups in total. The van der Waals surface area contributed by atoms with Crippen molar-refractivity contribution in [1.82, 2.24) is 4.98 Å². The predicted molar refractivity (Wildman–Crippen MR) is 90.4 cm³/mol. The molecule has 122 valence electrons. The highest BCUT2D eigenvalue weighted by Crippen LogP contribution is 2.27. The van der Waals surface area contributed by atoms with Gasteiger partial charge < -0.3 is 9.90 Å². The summed E-state index contributed by atoms with van der Waals surface area (Å²) in [6.45, 7) is 0. The zero-order chi connectivity index (χ0) is 16.1. The third-order valence-corrected chi connectivity index (χ3v) is 4.87. The summed E-state index contributed by atoms with van der Waals surface area (Å²) in [6, 6.07) is 7.54. The van der Waals surface area contributed by atoms with Crippen molar-refractivity contribution in [3.05, 3.63) is 41.1 Å². The van der Waals surface area contributed by atoms with Gasteiger partial charge in [-0.05, 0) is 37.3 Å². The Morgan fingerprint density at radius 1 is 0.870 bits per heavy atom. The molecule has 3 rings (SSSR count). The fraction of sp³-hybridized carbons (Fsp3) is 0.500. The third-order valence-electron chi connectivity index (χ3n) is 4.87. The molecule has 0 radical (unpaired) electrons. The van der Waals surface area contributed by atoms with Crippen LogP contribution in [0.15, 0.2) is 24.3 Å². The van der Waals surface area contributed by atoms with Crippen molar-refractivity contribution in [3.63, 3.8) is 0 Å². The van der Waals surface area contributed by atoms with E-state index in [1.807, 2.05) is 24.3 Å². The molecule has 23 heavy (non-hydrogen) atoms. The standard InChI is InChI=1S/C20H25NO2/c22-20(23)19-15-11-7-5-3-1-2-4-6-8-13-17(15)21-18-14-10-9-12-16(18)19/h9-10,12,14H,1-8,11,13H2,(H,22,23)/p-1. The monoisotopic (exact) mass is 310 g/mol. The van der Waals surface area contributed by atoms with E-state index in [0.29, 0.717) is 5.56 Å². The molecule has 0 bridgehead atoms. The zero-order valence-electron chi connectivity index (χ0n) is 13.6. The third kappa shape index (κ3) is 3.72. The van der Waals surface area contributed by atoms with Crippen molar-refractivity contribution in [2.24, 2.45) is 0 Å². The molecule has 2 aromatic rings. The van der Waals surface area contributed by atoms with Gasteiger partial charge in [0.25, 0.3) is 0 Å². The van der Waals surface area contributed by atoms with Gasteiger partial charge in [-0.25, -0.2) is 0 Å². The van der Waals surface area contributed by atoms with Crippen LogP contribution in [0.25, 0.3) is 10.9 Å². The summed E-state index contributed by atoms with van der Waals surface area (Å²) in [5.41, 5.74) is 3.05. The first-order chi connectivity index (χ1) is 11.3. The molecule has 0 spiro atoms. The Kier molecular flexibility index (Phi) is 5.27. The van der Waals surface area contributed by atoms with Crippen LogP contribution in [0.3, 0.4) is 0 Å². The molecule has 0 unspecified atom stereocenters. The number of aryl methyl sites for hydroxylation is 1. The molecular weight excluding hydrogens is 286 g/mol. The van der Waals surface area contributed by atoms with Crippen molar-refractivity contribution >= 4 is 16.9 Å². The Morgan fingerprint density at radius 2 is 1.48 bits per heavy atom. The van der Waals surface area contributed by atoms with E-state index in [0.717, 1.165) is 47.8 Å². The molecule has 0 atom stereocenters. The number of carboxylic acids is 1. The Hall–Kier alpha value is -1.90. The van der Waals surface area contributed by atoms with E-state index < -0.39 is 5.97 Å². The van der Waals surface area contributed by atoms with Gasteiger partial charge in [0.1, 0.15) is 0 Å². The highest BCUT2D eigenvalue weighted by atomic mass is 16.4. The minimum absolute atomic E-state index is 0.377. The van der Waals surface area contributed by atoms with Crippen LogP contribution in [0.4, 0.5) is 0 Å². The molecule has 1 aromatic carbocycles. The van der Waals surface area contributed by atoms with E-state index in [-0.39, 0.29) is 0 Å². The Labute approximate surface area is 137 Å². The largest absolute Gasteiger partial charge is 0.545 e. The average molecular weight is 310 g/mol. The van der Waals surface area contributed by atoms with E-state index in [1.54, 1.807) is 0 Å². The Morgan fingerprint density at radius 3 is 2.17 bits per heavy atom. The normalized spacial score (nSPS) is 17.0. The predicted octanol–water partition coefficient (Wildman–Crippen LogP) is 3.82. The van der Waals surface area contributed by atoms with Gasteiger partial charge in [0.2, 0.25) is 0 Å². The van der Waals surface area contributed by atoms with Gasteiger partial charge in [0.15, 0.2) is 0 Å². The second-order valence-electron chi connectivity index (χ2n) is 6.55. The molecule has 3 nitrogen and oxygen atoms in total. The van der Waals surface area contributed by atoms with Crippen LogP contribution in [-0.4, -0.2) is 11.0 Å². The smallest absolute Gasteiger partial charge is 0.0725 e. The topological polar surface area (TPSA) is 53.0 Å². The van der Waals surface area contributed by atoms with Gasteiger partial charge in [-0.1, -0.05) is 56.7 Å². The van der Waals surface area contributed by atoms with Crippen LogP contribution in [0.2, 0.25) is 0 Å². The number of hydrogen-bond donors (Lipinski definition) is 0. The van der Waals surface area contributed by atoms with Gasteiger partial charge in [0.05, 0.1) is 11.5 Å². The van der Waals surface area contributed by atoms with Gasteiger partial charge in [-0.2, -0.15) is 0 Å². The lowest BCUT2D eigenvalue weighted by molar-refractivity contribution is -0.254. The number of benzene rings is 1. The Bertz CT molecular complexity index is 693. The highest BCUT2D eigenvalue weighted by Gasteiger charge is 2.15. The van der Waals surface area contributed by atoms with Gasteiger partial charge in [-0.15, -0.1) is 0 Å². The summed E-state index contributed by atoms with van der Waals surface area (Å²) >= 11 is 0. The number of hydrogen-bond acceptors (Lipinski definition) is 3. The lowest BCUT2D eigenvalue weighted by Crippen LogP contribution is -2.25. The zero-order valence-corrected chi connectivity index (χ0v) is 13.6. The second-order valence-corrected chi connectivity index (χ2v) is 6.55. The molecular formula is C20H24NO2-. The van der Waals surface area contributed by atoms with Gasteiger partial charge >= 0.3 is 0 Å². The summed E-state index contributed by atoms with van der Waals surface area (Å²) in [7, 11) is 0. The number of fused-ring (bicyclic) bond motifs is 2. The molecule has 0 aliphatic heterocycles. The summed E-state index contributed by atoms with van der Waals surface area (Å²) in [5, 5.41) is 12.5. The van der Waals surface area contributed by atoms with E-state index in [4.69, 9.17) is 4.98 Å². The van der Waals surface area contributed by atoms with Crippen LogP contribution in [0.1, 0.15) is 73.0 Å². The molecule has 1 aliphatic rings. The number of pyridine rings is 1. The van der Waals surface area contributed by atoms with E-state index in [9.17, 15) is 9.90 Å². The number of aromatic nitrogens is 1. The molecule has 0 saturated carbocycles. The number of aromatic carboxylic acids is 1. The fourth-order valence-electron chi connectivity index (χ4n) is 3.67. The van der Waals surface area contributed by atoms with Crippen molar-refractivity contribution in [1.29, 1.82) is 0 Å². The minimum Gasteiger partial charge on any atom is -0.545 e. The maximum atomic E-state index is 11.8. The number of carboxylic acid groups (broad SMARTS) is 1. The SMILES string of the molecule is O=C([O-])c1c2c(nc3ccccc13)CCCCCCCCCC2. The summed E-state index contributed by atoms with van der Waals surface area (Å²) in [5.74, 6) is -1.06. The van der Waals surface area contributed by atoms with E-state index in [2.05, 4.69) is 0 Å². The first kappa shape index (κ1) is 16.0. The van der Waals surface area contributed by atoms with Crippen LogP contribution in [0.5, 0.6) is 0 Å². The minimum atomic E-state index is -1.06. The van der Waals surface area contributed by atoms with Gasteiger partial charge in [0, 0.05) is 16.6 Å². The molecule has 1 aromatic heterocycles. The maximum Gasteiger partial charge on any atom is 0.0725 e. The molecule has 1 heterocycles. The van der Waals surface area contributed by atoms with E-state index in [1.165, 1.54) is 38.5 Å². The number of para-hydroxylation sites is 1. The summed E-state index contributed by atoms with van der Waals surface area (Å²) in [6.07, 6.45) is 11.3. The second kappa shape index (κ2) is 7.58. The van der Waals surface area contributed by atoms with Crippen molar-refractivity contribution < 1.29 is 9.90 Å². The van der Waals surface area contributed by atoms with Gasteiger partial charge in [-0.3, -0.25) is 4.98 Å².